The predicted octanol–water partition coefficient (Wildman–Crippen LogP) is 0.00310. The number of nitrogens with one attached hydrogen (secondary N) is 3. The fourth-order valence-electron chi connectivity index (χ4n) is 3.36. The predicted molar refractivity (Wildman–Crippen MR) is 83.2 cm³/mol. The van der Waals surface area contributed by atoms with Crippen LogP contribution in [-0.4, -0.2) is 26.2 Å². The highest BCUT2D eigenvalue weighted by Crippen LogP contribution is 2.31. The number of pyridine rings is 1. The van der Waals surface area contributed by atoms with Crippen LogP contribution in [-0.2, 0) is 19.3 Å². The molecule has 3 nitrogen and oxygen atoms in total. The van der Waals surface area contributed by atoms with Crippen LogP contribution in [0.4, 0.5) is 13.2 Å². The van der Waals surface area contributed by atoms with Gasteiger partial charge in [-0.25, -0.2) is 4.98 Å². The van der Waals surface area contributed by atoms with Crippen LogP contribution in [0.3, 0.4) is 0 Å². The van der Waals surface area contributed by atoms with Crippen molar-refractivity contribution < 1.29 is 28.0 Å². The van der Waals surface area contributed by atoms with Crippen LogP contribution in [0.1, 0.15) is 16.7 Å². The zero-order valence-corrected chi connectivity index (χ0v) is 13.5. The van der Waals surface area contributed by atoms with E-state index in [9.17, 15) is 13.2 Å². The number of alkyl halides is 3. The highest BCUT2D eigenvalue weighted by molar-refractivity contribution is 5.28. The van der Waals surface area contributed by atoms with Gasteiger partial charge in [-0.1, -0.05) is 18.2 Å². The van der Waals surface area contributed by atoms with E-state index in [0.717, 1.165) is 32.7 Å². The topological polar surface area (TPSA) is 23.0 Å². The van der Waals surface area contributed by atoms with Crippen molar-refractivity contribution in [3.05, 3.63) is 65.5 Å². The molecule has 0 saturated carbocycles. The molecule has 24 heavy (non-hydrogen) atoms. The normalized spacial score (nSPS) is 21.6. The molecule has 2 aromatic rings. The third-order valence-corrected chi connectivity index (χ3v) is 4.67. The van der Waals surface area contributed by atoms with E-state index in [1.165, 1.54) is 27.5 Å². The largest absolute Gasteiger partial charge is 0.416 e. The van der Waals surface area contributed by atoms with Gasteiger partial charge in [0.05, 0.1) is 5.56 Å². The summed E-state index contributed by atoms with van der Waals surface area (Å²) < 4.78 is 39.3. The molecule has 1 aliphatic heterocycles. The molecule has 1 aromatic carbocycles. The Kier molecular flexibility index (Phi) is 5.16. The van der Waals surface area contributed by atoms with Crippen LogP contribution in [0.5, 0.6) is 0 Å². The summed E-state index contributed by atoms with van der Waals surface area (Å²) in [6.45, 7) is 5.20. The first kappa shape index (κ1) is 16.9. The summed E-state index contributed by atoms with van der Waals surface area (Å²) in [6.07, 6.45) is -0.428. The Balaban J connectivity index is 1.56. The number of aromatic nitrogens is 1. The molecule has 1 aliphatic rings. The zero-order valence-electron chi connectivity index (χ0n) is 13.5. The summed E-state index contributed by atoms with van der Waals surface area (Å²) in [6, 6.07) is 10.1. The molecule has 0 radical (unpaired) electrons. The Hall–Kier alpha value is -1.92. The van der Waals surface area contributed by atoms with Gasteiger partial charge < -0.3 is 9.80 Å². The van der Waals surface area contributed by atoms with Crippen molar-refractivity contribution in [2.75, 3.05) is 26.2 Å². The van der Waals surface area contributed by atoms with Crippen LogP contribution in [0.2, 0.25) is 0 Å². The zero-order chi connectivity index (χ0) is 17.0. The standard InChI is InChI=1S/C18H20F3N3/c19-18(20,21)17-4-2-1-3-16(17)14-24-11-9-23(10-12-24)13-15-5-7-22-8-6-15/h1-8H,9-14H2/p+3. The molecule has 0 unspecified atom stereocenters. The SMILES string of the molecule is FC(F)(F)c1ccccc1C[NH+]1CC[NH+](Cc2cc[nH+]cc2)CC1. The lowest BCUT2D eigenvalue weighted by molar-refractivity contribution is -1.02. The lowest BCUT2D eigenvalue weighted by atomic mass is 10.1. The molecule has 0 aliphatic carbocycles. The Labute approximate surface area is 139 Å². The maximum Gasteiger partial charge on any atom is 0.416 e. The number of piperazine rings is 1. The monoisotopic (exact) mass is 338 g/mol. The molecule has 1 aromatic heterocycles. The van der Waals surface area contributed by atoms with Gasteiger partial charge in [0, 0.05) is 23.3 Å². The number of halogens is 3. The molecule has 0 atom stereocenters. The summed E-state index contributed by atoms with van der Waals surface area (Å²) in [4.78, 5) is 5.74. The molecule has 3 N–H and O–H groups in total. The third kappa shape index (κ3) is 4.33. The lowest BCUT2D eigenvalue weighted by Gasteiger charge is -2.30. The van der Waals surface area contributed by atoms with Gasteiger partial charge in [0.15, 0.2) is 12.4 Å². The summed E-state index contributed by atoms with van der Waals surface area (Å²) in [5.41, 5.74) is 1.20. The Morgan fingerprint density at radius 1 is 0.833 bits per heavy atom. The minimum Gasteiger partial charge on any atom is -0.322 e. The third-order valence-electron chi connectivity index (χ3n) is 4.67. The van der Waals surface area contributed by atoms with Crippen LogP contribution < -0.4 is 14.8 Å². The van der Waals surface area contributed by atoms with E-state index < -0.39 is 11.7 Å². The van der Waals surface area contributed by atoms with Gasteiger partial charge in [-0.15, -0.1) is 0 Å². The second-order valence-corrected chi connectivity index (χ2v) is 6.42. The molecule has 0 bridgehead atoms. The first-order valence-corrected chi connectivity index (χ1v) is 8.29. The Morgan fingerprint density at radius 2 is 1.42 bits per heavy atom. The molecular formula is C18H23F3N3+3. The number of hydrogen-bond donors (Lipinski definition) is 2. The Morgan fingerprint density at radius 3 is 2.04 bits per heavy atom. The van der Waals surface area contributed by atoms with Crippen molar-refractivity contribution in [3.8, 4) is 0 Å². The lowest BCUT2D eigenvalue weighted by Crippen LogP contribution is -3.27. The molecule has 0 amide bonds. The van der Waals surface area contributed by atoms with Gasteiger partial charge in [-0.3, -0.25) is 0 Å². The fraction of sp³-hybridized carbons (Fsp3) is 0.389. The van der Waals surface area contributed by atoms with Gasteiger partial charge in [-0.2, -0.15) is 13.2 Å². The van der Waals surface area contributed by atoms with Gasteiger partial charge in [0.25, 0.3) is 0 Å². The van der Waals surface area contributed by atoms with E-state index in [1.807, 2.05) is 12.4 Å². The van der Waals surface area contributed by atoms with Crippen LogP contribution in [0.15, 0.2) is 48.8 Å². The number of hydrogen-bond acceptors (Lipinski definition) is 0. The van der Waals surface area contributed by atoms with Crippen molar-refractivity contribution >= 4 is 0 Å². The van der Waals surface area contributed by atoms with Crippen molar-refractivity contribution in [1.29, 1.82) is 0 Å². The molecule has 2 heterocycles. The minimum atomic E-state index is -4.27. The fourth-order valence-corrected chi connectivity index (χ4v) is 3.36. The summed E-state index contributed by atoms with van der Waals surface area (Å²) in [5.74, 6) is 0. The van der Waals surface area contributed by atoms with Crippen LogP contribution in [0, 0.1) is 0 Å². The number of aromatic amines is 1. The van der Waals surface area contributed by atoms with Crippen molar-refractivity contribution in [2.24, 2.45) is 0 Å². The summed E-state index contributed by atoms with van der Waals surface area (Å²) in [5, 5.41) is 0. The summed E-state index contributed by atoms with van der Waals surface area (Å²) in [7, 11) is 0. The number of benzene rings is 1. The maximum absolute atomic E-state index is 13.1. The first-order chi connectivity index (χ1) is 11.5. The molecule has 1 fully saturated rings. The molecule has 128 valence electrons. The number of quaternary nitrogens is 2. The van der Waals surface area contributed by atoms with E-state index in [-0.39, 0.29) is 0 Å². The molecular weight excluding hydrogens is 315 g/mol. The van der Waals surface area contributed by atoms with Gasteiger partial charge in [-0.05, 0) is 6.07 Å². The summed E-state index contributed by atoms with van der Waals surface area (Å²) >= 11 is 0. The molecule has 3 rings (SSSR count). The molecule has 1 saturated heterocycles. The molecule has 0 spiro atoms. The van der Waals surface area contributed by atoms with Crippen molar-refractivity contribution in [2.45, 2.75) is 19.3 Å². The molecule has 6 heteroatoms. The number of rotatable bonds is 4. The van der Waals surface area contributed by atoms with E-state index in [2.05, 4.69) is 17.1 Å². The van der Waals surface area contributed by atoms with E-state index in [0.29, 0.717) is 12.1 Å². The second kappa shape index (κ2) is 7.32. The van der Waals surface area contributed by atoms with E-state index in [4.69, 9.17) is 0 Å². The smallest absolute Gasteiger partial charge is 0.322 e. The van der Waals surface area contributed by atoms with Crippen LogP contribution >= 0.6 is 0 Å². The average Bonchev–Trinajstić information content (AvgIpc) is 2.57. The first-order valence-electron chi connectivity index (χ1n) is 8.29. The van der Waals surface area contributed by atoms with Gasteiger partial charge in [0.2, 0.25) is 0 Å². The quantitative estimate of drug-likeness (QED) is 0.784. The number of H-pyrrole nitrogens is 1. The minimum absolute atomic E-state index is 0.405. The van der Waals surface area contributed by atoms with E-state index >= 15 is 0 Å². The average molecular weight is 338 g/mol. The maximum atomic E-state index is 13.1. The second-order valence-electron chi connectivity index (χ2n) is 6.42. The van der Waals surface area contributed by atoms with Gasteiger partial charge >= 0.3 is 6.18 Å². The van der Waals surface area contributed by atoms with E-state index in [1.54, 1.807) is 12.1 Å². The van der Waals surface area contributed by atoms with Crippen molar-refractivity contribution in [1.82, 2.24) is 0 Å². The Bertz CT molecular complexity index is 650. The van der Waals surface area contributed by atoms with Crippen molar-refractivity contribution in [3.63, 3.8) is 0 Å². The van der Waals surface area contributed by atoms with Gasteiger partial charge in [0.1, 0.15) is 39.3 Å². The van der Waals surface area contributed by atoms with Crippen LogP contribution in [0.25, 0.3) is 0 Å². The highest BCUT2D eigenvalue weighted by Gasteiger charge is 2.34. The highest BCUT2D eigenvalue weighted by atomic mass is 19.4.